The van der Waals surface area contributed by atoms with Gasteiger partial charge in [-0.05, 0) is 38.7 Å². The number of ether oxygens (including phenoxy) is 1. The molecule has 3 aromatic rings. The van der Waals surface area contributed by atoms with E-state index in [-0.39, 0.29) is 18.1 Å². The van der Waals surface area contributed by atoms with Gasteiger partial charge in [0.25, 0.3) is 0 Å². The molecule has 0 aromatic carbocycles. The molecule has 1 N–H and O–H groups in total. The molecule has 34 heavy (non-hydrogen) atoms. The summed E-state index contributed by atoms with van der Waals surface area (Å²) in [6.45, 7) is 4.03. The van der Waals surface area contributed by atoms with Crippen LogP contribution < -0.4 is 9.64 Å². The first-order chi connectivity index (χ1) is 16.4. The molecule has 0 amide bonds. The van der Waals surface area contributed by atoms with E-state index in [9.17, 15) is 8.42 Å². The quantitative estimate of drug-likeness (QED) is 0.596. The van der Waals surface area contributed by atoms with Gasteiger partial charge in [0.15, 0.2) is 0 Å². The molecular formula is C24H30N6O3S. The maximum Gasteiger partial charge on any atom is 0.217 e. The van der Waals surface area contributed by atoms with Crippen molar-refractivity contribution in [2.24, 2.45) is 0 Å². The van der Waals surface area contributed by atoms with E-state index >= 15 is 0 Å². The Morgan fingerprint density at radius 3 is 2.68 bits per heavy atom. The number of nitrogens with zero attached hydrogens (tertiary/aromatic N) is 5. The van der Waals surface area contributed by atoms with Crippen LogP contribution in [-0.4, -0.2) is 64.2 Å². The average molecular weight is 483 g/mol. The minimum atomic E-state index is -3.15. The highest BCUT2D eigenvalue weighted by Crippen LogP contribution is 2.39. The van der Waals surface area contributed by atoms with Gasteiger partial charge in [0.05, 0.1) is 23.3 Å². The molecule has 0 bridgehead atoms. The van der Waals surface area contributed by atoms with Crippen LogP contribution in [0, 0.1) is 0 Å². The number of H-pyrrole nitrogens is 1. The van der Waals surface area contributed by atoms with Gasteiger partial charge in [0.1, 0.15) is 18.1 Å². The highest BCUT2D eigenvalue weighted by atomic mass is 32.2. The summed E-state index contributed by atoms with van der Waals surface area (Å²) in [5.41, 5.74) is 5.31. The third kappa shape index (κ3) is 4.02. The van der Waals surface area contributed by atoms with Crippen LogP contribution in [0.1, 0.15) is 55.5 Å². The zero-order valence-electron chi connectivity index (χ0n) is 19.6. The Morgan fingerprint density at radius 1 is 1.15 bits per heavy atom. The van der Waals surface area contributed by atoms with E-state index < -0.39 is 10.0 Å². The second kappa shape index (κ2) is 8.20. The Balaban J connectivity index is 1.33. The predicted molar refractivity (Wildman–Crippen MR) is 130 cm³/mol. The van der Waals surface area contributed by atoms with Crippen molar-refractivity contribution in [3.8, 4) is 5.88 Å². The van der Waals surface area contributed by atoms with Crippen molar-refractivity contribution in [3.63, 3.8) is 0 Å². The van der Waals surface area contributed by atoms with Crippen LogP contribution in [0.15, 0.2) is 24.7 Å². The molecule has 10 heteroatoms. The Labute approximate surface area is 199 Å². The van der Waals surface area contributed by atoms with Gasteiger partial charge < -0.3 is 14.6 Å². The van der Waals surface area contributed by atoms with Gasteiger partial charge in [-0.2, -0.15) is 4.98 Å². The standard InChI is InChI=1S/C24H30N6O3S/c1-15-11-20-19(23(27-14-26-20)16-6-9-29(10-7-16)34(2,31)32)13-30(15)21-12-22(33-17-3-4-17)28-24-18(21)5-8-25-24/h5,8,12,14-17H,3-4,6-7,9-11,13H2,1-2H3,(H,25,28)/t15-/m1/s1. The van der Waals surface area contributed by atoms with Gasteiger partial charge >= 0.3 is 0 Å². The van der Waals surface area contributed by atoms with Gasteiger partial charge in [0.2, 0.25) is 15.9 Å². The number of anilines is 1. The fourth-order valence-electron chi connectivity index (χ4n) is 5.32. The zero-order valence-corrected chi connectivity index (χ0v) is 20.4. The maximum atomic E-state index is 12.0. The minimum Gasteiger partial charge on any atom is -0.474 e. The Bertz CT molecular complexity index is 1330. The highest BCUT2D eigenvalue weighted by Gasteiger charge is 2.33. The van der Waals surface area contributed by atoms with E-state index in [0.29, 0.717) is 25.5 Å². The van der Waals surface area contributed by atoms with E-state index in [1.807, 2.05) is 6.20 Å². The summed E-state index contributed by atoms with van der Waals surface area (Å²) in [5, 5.41) is 1.08. The van der Waals surface area contributed by atoms with E-state index in [2.05, 4.69) is 38.9 Å². The molecule has 0 radical (unpaired) electrons. The zero-order chi connectivity index (χ0) is 23.4. The summed E-state index contributed by atoms with van der Waals surface area (Å²) in [7, 11) is -3.15. The van der Waals surface area contributed by atoms with Gasteiger partial charge in [-0.15, -0.1) is 0 Å². The van der Waals surface area contributed by atoms with Crippen LogP contribution in [0.5, 0.6) is 5.88 Å². The summed E-state index contributed by atoms with van der Waals surface area (Å²) in [5.74, 6) is 0.909. The number of hydrogen-bond acceptors (Lipinski definition) is 7. The second-order valence-electron chi connectivity index (χ2n) is 9.84. The molecular weight excluding hydrogens is 452 g/mol. The fourth-order valence-corrected chi connectivity index (χ4v) is 6.19. The van der Waals surface area contributed by atoms with E-state index in [0.717, 1.165) is 60.2 Å². The molecule has 6 rings (SSSR count). The van der Waals surface area contributed by atoms with Crippen molar-refractivity contribution in [2.45, 2.75) is 63.6 Å². The Hall–Kier alpha value is -2.72. The molecule has 2 aliphatic heterocycles. The lowest BCUT2D eigenvalue weighted by Crippen LogP contribution is -2.41. The summed E-state index contributed by atoms with van der Waals surface area (Å²) < 4.78 is 31.5. The van der Waals surface area contributed by atoms with Crippen LogP contribution in [0.4, 0.5) is 5.69 Å². The fraction of sp³-hybridized carbons (Fsp3) is 0.542. The topological polar surface area (TPSA) is 104 Å². The summed E-state index contributed by atoms with van der Waals surface area (Å²) >= 11 is 0. The number of aromatic amines is 1. The molecule has 3 aliphatic rings. The molecule has 180 valence electrons. The van der Waals surface area contributed by atoms with Gasteiger partial charge in [-0.3, -0.25) is 0 Å². The number of hydrogen-bond donors (Lipinski definition) is 1. The largest absolute Gasteiger partial charge is 0.474 e. The normalized spacial score (nSPS) is 22.2. The van der Waals surface area contributed by atoms with Crippen LogP contribution in [0.25, 0.3) is 11.0 Å². The first-order valence-electron chi connectivity index (χ1n) is 12.1. The van der Waals surface area contributed by atoms with Crippen molar-refractivity contribution < 1.29 is 13.2 Å². The van der Waals surface area contributed by atoms with Gasteiger partial charge in [-0.25, -0.2) is 22.7 Å². The number of aromatic nitrogens is 4. The summed E-state index contributed by atoms with van der Waals surface area (Å²) in [4.78, 5) is 19.7. The van der Waals surface area contributed by atoms with Crippen molar-refractivity contribution in [1.82, 2.24) is 24.2 Å². The molecule has 5 heterocycles. The van der Waals surface area contributed by atoms with Crippen LogP contribution >= 0.6 is 0 Å². The second-order valence-corrected chi connectivity index (χ2v) is 11.8. The first-order valence-corrected chi connectivity index (χ1v) is 13.9. The number of fused-ring (bicyclic) bond motifs is 2. The minimum absolute atomic E-state index is 0.239. The molecule has 9 nitrogen and oxygen atoms in total. The highest BCUT2D eigenvalue weighted by molar-refractivity contribution is 7.88. The van der Waals surface area contributed by atoms with Crippen LogP contribution in [-0.2, 0) is 23.0 Å². The third-order valence-corrected chi connectivity index (χ3v) is 8.63. The first kappa shape index (κ1) is 21.8. The lowest BCUT2D eigenvalue weighted by atomic mass is 9.87. The number of nitrogens with one attached hydrogen (secondary N) is 1. The van der Waals surface area contributed by atoms with Crippen LogP contribution in [0.2, 0.25) is 0 Å². The molecule has 1 saturated heterocycles. The number of pyridine rings is 1. The van der Waals surface area contributed by atoms with Crippen molar-refractivity contribution in [2.75, 3.05) is 24.2 Å². The molecule has 0 unspecified atom stereocenters. The number of rotatable bonds is 5. The van der Waals surface area contributed by atoms with E-state index in [1.54, 1.807) is 10.6 Å². The van der Waals surface area contributed by atoms with Crippen molar-refractivity contribution in [3.05, 3.63) is 41.6 Å². The van der Waals surface area contributed by atoms with E-state index in [4.69, 9.17) is 9.72 Å². The Kier molecular flexibility index (Phi) is 5.25. The lowest BCUT2D eigenvalue weighted by molar-refractivity contribution is 0.292. The third-order valence-electron chi connectivity index (χ3n) is 7.33. The molecule has 1 atom stereocenters. The van der Waals surface area contributed by atoms with E-state index in [1.165, 1.54) is 11.8 Å². The number of sulfonamides is 1. The average Bonchev–Trinajstić information content (AvgIpc) is 3.50. The van der Waals surface area contributed by atoms with Gasteiger partial charge in [0, 0.05) is 61.2 Å². The molecule has 0 spiro atoms. The summed E-state index contributed by atoms with van der Waals surface area (Å²) in [6, 6.07) is 4.41. The maximum absolute atomic E-state index is 12.0. The SMILES string of the molecule is C[C@@H]1Cc2ncnc(C3CCN(S(C)(=O)=O)CC3)c2CN1c1cc(OC2CC2)nc2[nH]ccc12. The lowest BCUT2D eigenvalue weighted by Gasteiger charge is -2.38. The van der Waals surface area contributed by atoms with Crippen molar-refractivity contribution >= 4 is 26.7 Å². The summed E-state index contributed by atoms with van der Waals surface area (Å²) in [6.07, 6.45) is 9.75. The predicted octanol–water partition coefficient (Wildman–Crippen LogP) is 2.98. The monoisotopic (exact) mass is 482 g/mol. The molecule has 3 aromatic heterocycles. The van der Waals surface area contributed by atoms with Gasteiger partial charge in [-0.1, -0.05) is 0 Å². The molecule has 1 saturated carbocycles. The smallest absolute Gasteiger partial charge is 0.217 e. The van der Waals surface area contributed by atoms with Crippen LogP contribution in [0.3, 0.4) is 0 Å². The molecule has 1 aliphatic carbocycles. The van der Waals surface area contributed by atoms with Crippen molar-refractivity contribution in [1.29, 1.82) is 0 Å². The number of piperidine rings is 1. The Morgan fingerprint density at radius 2 is 1.94 bits per heavy atom. The molecule has 2 fully saturated rings.